The topological polar surface area (TPSA) is 91.6 Å². The third kappa shape index (κ3) is 4.46. The van der Waals surface area contributed by atoms with Crippen LogP contribution in [0.25, 0.3) is 0 Å². The summed E-state index contributed by atoms with van der Waals surface area (Å²) in [6, 6.07) is 4.89. The van der Waals surface area contributed by atoms with Gasteiger partial charge >= 0.3 is 6.18 Å². The van der Waals surface area contributed by atoms with Gasteiger partial charge in [-0.15, -0.1) is 0 Å². The van der Waals surface area contributed by atoms with Crippen molar-refractivity contribution in [1.82, 2.24) is 4.72 Å². The number of benzene rings is 1. The van der Waals surface area contributed by atoms with Crippen molar-refractivity contribution in [2.75, 3.05) is 12.4 Å². The first kappa shape index (κ1) is 19.6. The molecule has 0 aliphatic rings. The van der Waals surface area contributed by atoms with Crippen LogP contribution in [-0.4, -0.2) is 26.7 Å². The summed E-state index contributed by atoms with van der Waals surface area (Å²) < 4.78 is 69.7. The Morgan fingerprint density at radius 2 is 2.04 bits per heavy atom. The van der Waals surface area contributed by atoms with Crippen LogP contribution in [0.1, 0.15) is 17.4 Å². The van der Waals surface area contributed by atoms with Crippen LogP contribution in [0.4, 0.5) is 18.9 Å². The molecular weight excluding hydrogens is 385 g/mol. The Balaban J connectivity index is 2.51. The van der Waals surface area contributed by atoms with Crippen molar-refractivity contribution in [1.29, 1.82) is 0 Å². The zero-order valence-electron chi connectivity index (χ0n) is 12.8. The van der Waals surface area contributed by atoms with E-state index in [-0.39, 0.29) is 17.3 Å². The first-order chi connectivity index (χ1) is 11.6. The largest absolute Gasteiger partial charge is 0.467 e. The van der Waals surface area contributed by atoms with Crippen LogP contribution in [0.5, 0.6) is 0 Å². The van der Waals surface area contributed by atoms with E-state index in [9.17, 15) is 26.7 Å². The van der Waals surface area contributed by atoms with Crippen LogP contribution in [0.3, 0.4) is 0 Å². The predicted molar refractivity (Wildman–Crippen MR) is 84.7 cm³/mol. The number of halogens is 4. The average Bonchev–Trinajstić information content (AvgIpc) is 3.04. The van der Waals surface area contributed by atoms with Crippen molar-refractivity contribution in [3.63, 3.8) is 0 Å². The van der Waals surface area contributed by atoms with Crippen molar-refractivity contribution in [3.8, 4) is 0 Å². The van der Waals surface area contributed by atoms with Crippen LogP contribution in [-0.2, 0) is 16.6 Å². The third-order valence-electron chi connectivity index (χ3n) is 3.30. The van der Waals surface area contributed by atoms with E-state index in [2.05, 4.69) is 5.32 Å². The Hall–Kier alpha value is -1.75. The van der Waals surface area contributed by atoms with E-state index in [0.717, 1.165) is 13.1 Å². The van der Waals surface area contributed by atoms with Gasteiger partial charge in [0.25, 0.3) is 0 Å². The lowest BCUT2D eigenvalue weighted by Crippen LogP contribution is -2.24. The van der Waals surface area contributed by atoms with Gasteiger partial charge in [-0.1, -0.05) is 11.6 Å². The number of furan rings is 1. The molecule has 0 amide bonds. The lowest BCUT2D eigenvalue weighted by Gasteiger charge is -2.20. The monoisotopic (exact) mass is 398 g/mol. The average molecular weight is 399 g/mol. The fraction of sp³-hybridized carbons (Fsp3) is 0.286. The summed E-state index contributed by atoms with van der Waals surface area (Å²) in [5.74, 6) is 0.426. The number of hydrogen-bond acceptors (Lipinski definition) is 5. The molecule has 2 aromatic rings. The molecule has 0 saturated heterocycles. The van der Waals surface area contributed by atoms with Crippen LogP contribution in [0, 0.1) is 0 Å². The number of aliphatic hydroxyl groups is 1. The Morgan fingerprint density at radius 3 is 2.56 bits per heavy atom. The predicted octanol–water partition coefficient (Wildman–Crippen LogP) is 3.05. The van der Waals surface area contributed by atoms with Gasteiger partial charge in [-0.2, -0.15) is 13.2 Å². The SMILES string of the molecule is CNS(=O)(=O)c1cc(C(O)C(F)(F)F)c(NCc2ccco2)cc1Cl. The summed E-state index contributed by atoms with van der Waals surface area (Å²) >= 11 is 5.90. The van der Waals surface area contributed by atoms with E-state index in [0.29, 0.717) is 11.8 Å². The van der Waals surface area contributed by atoms with Gasteiger partial charge < -0.3 is 14.8 Å². The highest BCUT2D eigenvalue weighted by Crippen LogP contribution is 2.39. The minimum absolute atomic E-state index is 0.0129. The van der Waals surface area contributed by atoms with Crippen molar-refractivity contribution in [3.05, 3.63) is 46.9 Å². The smallest absolute Gasteiger partial charge is 0.418 e. The first-order valence-electron chi connectivity index (χ1n) is 6.84. The molecule has 1 aromatic carbocycles. The number of aliphatic hydroxyl groups excluding tert-OH is 1. The molecule has 0 aliphatic carbocycles. The van der Waals surface area contributed by atoms with Gasteiger partial charge in [0.1, 0.15) is 10.7 Å². The number of sulfonamides is 1. The fourth-order valence-electron chi connectivity index (χ4n) is 2.04. The molecule has 0 aliphatic heterocycles. The highest BCUT2D eigenvalue weighted by atomic mass is 35.5. The van der Waals surface area contributed by atoms with Gasteiger partial charge in [0.2, 0.25) is 10.0 Å². The van der Waals surface area contributed by atoms with Gasteiger partial charge in [0.05, 0.1) is 17.8 Å². The second-order valence-electron chi connectivity index (χ2n) is 4.95. The summed E-state index contributed by atoms with van der Waals surface area (Å²) in [5, 5.41) is 12.0. The first-order valence-corrected chi connectivity index (χ1v) is 8.70. The minimum atomic E-state index is -4.99. The number of nitrogens with one attached hydrogen (secondary N) is 2. The van der Waals surface area contributed by atoms with E-state index < -0.39 is 32.8 Å². The maximum atomic E-state index is 12.9. The van der Waals surface area contributed by atoms with Crippen LogP contribution < -0.4 is 10.0 Å². The molecule has 25 heavy (non-hydrogen) atoms. The number of alkyl halides is 3. The Morgan fingerprint density at radius 1 is 1.36 bits per heavy atom. The summed E-state index contributed by atoms with van der Waals surface area (Å²) in [4.78, 5) is -0.571. The van der Waals surface area contributed by atoms with Gasteiger partial charge in [-0.25, -0.2) is 13.1 Å². The maximum Gasteiger partial charge on any atom is 0.418 e. The molecular formula is C14H14ClF3N2O4S. The highest BCUT2D eigenvalue weighted by molar-refractivity contribution is 7.89. The van der Waals surface area contributed by atoms with Crippen molar-refractivity contribution < 1.29 is 31.1 Å². The van der Waals surface area contributed by atoms with Crippen LogP contribution in [0.2, 0.25) is 5.02 Å². The van der Waals surface area contributed by atoms with Gasteiger partial charge in [-0.3, -0.25) is 0 Å². The molecule has 0 fully saturated rings. The number of hydrogen-bond donors (Lipinski definition) is 3. The van der Waals surface area contributed by atoms with Crippen molar-refractivity contribution in [2.24, 2.45) is 0 Å². The Bertz CT molecular complexity index is 839. The minimum Gasteiger partial charge on any atom is -0.467 e. The van der Waals surface area contributed by atoms with E-state index >= 15 is 0 Å². The number of rotatable bonds is 6. The maximum absolute atomic E-state index is 12.9. The lowest BCUT2D eigenvalue weighted by molar-refractivity contribution is -0.206. The van der Waals surface area contributed by atoms with Crippen molar-refractivity contribution >= 4 is 27.3 Å². The van der Waals surface area contributed by atoms with E-state index in [1.807, 2.05) is 4.72 Å². The third-order valence-corrected chi connectivity index (χ3v) is 5.18. The van der Waals surface area contributed by atoms with E-state index in [4.69, 9.17) is 16.0 Å². The van der Waals surface area contributed by atoms with E-state index in [1.54, 1.807) is 12.1 Å². The van der Waals surface area contributed by atoms with Crippen LogP contribution >= 0.6 is 11.6 Å². The zero-order chi connectivity index (χ0) is 18.8. The molecule has 1 unspecified atom stereocenters. The zero-order valence-corrected chi connectivity index (χ0v) is 14.3. The molecule has 0 bridgehead atoms. The standard InChI is InChI=1S/C14H14ClF3N2O4S/c1-19-25(22,23)12-5-9(13(21)14(16,17)18)11(6-10(12)15)20-7-8-3-2-4-24-8/h2-6,13,19-21H,7H2,1H3. The molecule has 138 valence electrons. The molecule has 1 aromatic heterocycles. The fourth-order valence-corrected chi connectivity index (χ4v) is 3.32. The molecule has 2 rings (SSSR count). The number of anilines is 1. The summed E-state index contributed by atoms with van der Waals surface area (Å²) in [7, 11) is -3.02. The molecule has 3 N–H and O–H groups in total. The second kappa shape index (κ2) is 7.24. The summed E-state index contributed by atoms with van der Waals surface area (Å²) in [5.41, 5.74) is -0.835. The van der Waals surface area contributed by atoms with Gasteiger partial charge in [0, 0.05) is 11.3 Å². The van der Waals surface area contributed by atoms with Crippen molar-refractivity contribution in [2.45, 2.75) is 23.7 Å². The van der Waals surface area contributed by atoms with Gasteiger partial charge in [-0.05, 0) is 31.3 Å². The highest BCUT2D eigenvalue weighted by Gasteiger charge is 2.41. The molecule has 1 atom stereocenters. The Labute approximate surface area is 146 Å². The molecule has 0 spiro atoms. The summed E-state index contributed by atoms with van der Waals surface area (Å²) in [6.07, 6.45) is -6.50. The van der Waals surface area contributed by atoms with E-state index in [1.165, 1.54) is 6.26 Å². The molecule has 6 nitrogen and oxygen atoms in total. The second-order valence-corrected chi connectivity index (χ2v) is 7.22. The normalized spacial score (nSPS) is 13.7. The molecule has 11 heteroatoms. The molecule has 1 heterocycles. The van der Waals surface area contributed by atoms with Gasteiger partial charge in [0.15, 0.2) is 6.10 Å². The molecule has 0 radical (unpaired) electrons. The molecule has 0 saturated carbocycles. The Kier molecular flexibility index (Phi) is 5.67. The van der Waals surface area contributed by atoms with Crippen LogP contribution in [0.15, 0.2) is 39.8 Å². The lowest BCUT2D eigenvalue weighted by atomic mass is 10.1. The quantitative estimate of drug-likeness (QED) is 0.695. The summed E-state index contributed by atoms with van der Waals surface area (Å²) in [6.45, 7) is 0.0129.